The predicted molar refractivity (Wildman–Crippen MR) is 74.7 cm³/mol. The van der Waals surface area contributed by atoms with E-state index in [4.69, 9.17) is 5.11 Å². The molecule has 0 aliphatic carbocycles. The lowest BCUT2D eigenvalue weighted by atomic mass is 10.2. The minimum atomic E-state index is -0.856. The van der Waals surface area contributed by atoms with Crippen LogP contribution in [-0.4, -0.2) is 41.1 Å². The Bertz CT molecular complexity index is 564. The second-order valence-electron chi connectivity index (χ2n) is 4.63. The molecule has 0 aliphatic heterocycles. The van der Waals surface area contributed by atoms with Crippen LogP contribution in [0.1, 0.15) is 25.6 Å². The molecule has 7 nitrogen and oxygen atoms in total. The smallest absolute Gasteiger partial charge is 0.313 e. The summed E-state index contributed by atoms with van der Waals surface area (Å²) in [5, 5.41) is 17.7. The van der Waals surface area contributed by atoms with E-state index in [2.05, 4.69) is 15.2 Å². The van der Waals surface area contributed by atoms with Gasteiger partial charge in [-0.05, 0) is 0 Å². The molecule has 2 heterocycles. The van der Waals surface area contributed by atoms with Gasteiger partial charge in [-0.1, -0.05) is 25.6 Å². The van der Waals surface area contributed by atoms with Gasteiger partial charge in [-0.15, -0.1) is 10.2 Å². The summed E-state index contributed by atoms with van der Waals surface area (Å²) in [5.74, 6) is 0.245. The van der Waals surface area contributed by atoms with Crippen LogP contribution in [0.2, 0.25) is 0 Å². The van der Waals surface area contributed by atoms with E-state index in [0.717, 1.165) is 12.4 Å². The third kappa shape index (κ3) is 3.60. The molecule has 0 fully saturated rings. The Morgan fingerprint density at radius 3 is 2.80 bits per heavy atom. The van der Waals surface area contributed by atoms with E-state index in [-0.39, 0.29) is 11.7 Å². The first-order chi connectivity index (χ1) is 9.58. The van der Waals surface area contributed by atoms with Gasteiger partial charge in [0.15, 0.2) is 5.16 Å². The first-order valence-electron chi connectivity index (χ1n) is 6.31. The van der Waals surface area contributed by atoms with Gasteiger partial charge >= 0.3 is 5.97 Å². The van der Waals surface area contributed by atoms with Crippen LogP contribution in [0.5, 0.6) is 0 Å². The highest BCUT2D eigenvalue weighted by Crippen LogP contribution is 2.21. The molecule has 8 heteroatoms. The molecular weight excluding hydrogens is 278 g/mol. The van der Waals surface area contributed by atoms with Gasteiger partial charge in [0.05, 0.1) is 12.1 Å². The van der Waals surface area contributed by atoms with Crippen molar-refractivity contribution >= 4 is 17.7 Å². The molecule has 0 aliphatic rings. The van der Waals surface area contributed by atoms with Crippen molar-refractivity contribution in [1.82, 2.24) is 24.3 Å². The molecule has 0 atom stereocenters. The lowest BCUT2D eigenvalue weighted by Crippen LogP contribution is -2.12. The van der Waals surface area contributed by atoms with Gasteiger partial charge < -0.3 is 14.2 Å². The summed E-state index contributed by atoms with van der Waals surface area (Å²) in [6.45, 7) is 5.53. The third-order valence-electron chi connectivity index (χ3n) is 2.73. The minimum absolute atomic E-state index is 0.0126. The van der Waals surface area contributed by atoms with Gasteiger partial charge in [0.1, 0.15) is 5.82 Å². The molecule has 0 bridgehead atoms. The van der Waals surface area contributed by atoms with Crippen LogP contribution < -0.4 is 0 Å². The Hall–Kier alpha value is -1.83. The maximum atomic E-state index is 10.7. The van der Waals surface area contributed by atoms with Gasteiger partial charge in [-0.3, -0.25) is 4.79 Å². The van der Waals surface area contributed by atoms with Crippen molar-refractivity contribution in [3.8, 4) is 0 Å². The first kappa shape index (κ1) is 14.6. The molecular formula is C12H17N5O2S. The normalized spacial score (nSPS) is 11.2. The molecule has 108 valence electrons. The number of thioether (sulfide) groups is 1. The SMILES string of the molecule is CC(C)c1nnc(SCC(=O)O)n1CCn1ccnc1. The molecule has 0 saturated carbocycles. The maximum Gasteiger partial charge on any atom is 0.313 e. The number of hydrogen-bond acceptors (Lipinski definition) is 5. The molecule has 0 saturated heterocycles. The van der Waals surface area contributed by atoms with Gasteiger partial charge in [0, 0.05) is 31.4 Å². The van der Waals surface area contributed by atoms with Gasteiger partial charge in [0.25, 0.3) is 0 Å². The van der Waals surface area contributed by atoms with Crippen molar-refractivity contribution in [3.05, 3.63) is 24.5 Å². The summed E-state index contributed by atoms with van der Waals surface area (Å²) in [7, 11) is 0. The molecule has 0 radical (unpaired) electrons. The topological polar surface area (TPSA) is 85.8 Å². The average molecular weight is 295 g/mol. The van der Waals surface area contributed by atoms with E-state index in [1.807, 2.05) is 29.2 Å². The van der Waals surface area contributed by atoms with E-state index < -0.39 is 5.97 Å². The monoisotopic (exact) mass is 295 g/mol. The molecule has 0 amide bonds. The summed E-state index contributed by atoms with van der Waals surface area (Å²) < 4.78 is 3.95. The van der Waals surface area contributed by atoms with Gasteiger partial charge in [0.2, 0.25) is 0 Å². The zero-order valence-corrected chi connectivity index (χ0v) is 12.2. The van der Waals surface area contributed by atoms with Crippen molar-refractivity contribution in [3.63, 3.8) is 0 Å². The third-order valence-corrected chi connectivity index (χ3v) is 3.68. The van der Waals surface area contributed by atoms with Crippen LogP contribution in [0.15, 0.2) is 23.9 Å². The number of aryl methyl sites for hydroxylation is 1. The summed E-state index contributed by atoms with van der Waals surface area (Å²) in [6, 6.07) is 0. The Balaban J connectivity index is 2.13. The minimum Gasteiger partial charge on any atom is -0.481 e. The quantitative estimate of drug-likeness (QED) is 0.779. The summed E-state index contributed by atoms with van der Waals surface area (Å²) >= 11 is 1.20. The molecule has 2 rings (SSSR count). The van der Waals surface area contributed by atoms with Gasteiger partial charge in [-0.2, -0.15) is 0 Å². The van der Waals surface area contributed by atoms with Crippen LogP contribution in [-0.2, 0) is 17.9 Å². The van der Waals surface area contributed by atoms with Crippen LogP contribution in [0.4, 0.5) is 0 Å². The van der Waals surface area contributed by atoms with Crippen molar-refractivity contribution < 1.29 is 9.90 Å². The second kappa shape index (κ2) is 6.56. The van der Waals surface area contributed by atoms with Crippen molar-refractivity contribution in [2.24, 2.45) is 0 Å². The largest absolute Gasteiger partial charge is 0.481 e. The van der Waals surface area contributed by atoms with Crippen molar-refractivity contribution in [2.45, 2.75) is 38.0 Å². The standard InChI is InChI=1S/C12H17N5O2S/c1-9(2)11-14-15-12(20-7-10(18)19)17(11)6-5-16-4-3-13-8-16/h3-4,8-9H,5-7H2,1-2H3,(H,18,19). The highest BCUT2D eigenvalue weighted by molar-refractivity contribution is 7.99. The number of aromatic nitrogens is 5. The van der Waals surface area contributed by atoms with Crippen LogP contribution >= 0.6 is 11.8 Å². The van der Waals surface area contributed by atoms with E-state index in [1.54, 1.807) is 12.5 Å². The first-order valence-corrected chi connectivity index (χ1v) is 7.30. The van der Waals surface area contributed by atoms with Crippen LogP contribution in [0.25, 0.3) is 0 Å². The lowest BCUT2D eigenvalue weighted by Gasteiger charge is -2.11. The molecule has 20 heavy (non-hydrogen) atoms. The van der Waals surface area contributed by atoms with Crippen LogP contribution in [0, 0.1) is 0 Å². The van der Waals surface area contributed by atoms with E-state index >= 15 is 0 Å². The number of carbonyl (C=O) groups is 1. The molecule has 2 aromatic heterocycles. The second-order valence-corrected chi connectivity index (χ2v) is 5.57. The summed E-state index contributed by atoms with van der Waals surface area (Å²) in [4.78, 5) is 14.7. The number of nitrogens with zero attached hydrogens (tertiary/aromatic N) is 5. The van der Waals surface area contributed by atoms with E-state index in [9.17, 15) is 4.79 Å². The van der Waals surface area contributed by atoms with Gasteiger partial charge in [-0.25, -0.2) is 4.98 Å². The van der Waals surface area contributed by atoms with E-state index in [1.165, 1.54) is 11.8 Å². The number of carboxylic acids is 1. The number of carboxylic acid groups (broad SMARTS) is 1. The Morgan fingerprint density at radius 1 is 1.40 bits per heavy atom. The summed E-state index contributed by atoms with van der Waals surface area (Å²) in [5.41, 5.74) is 0. The average Bonchev–Trinajstić information content (AvgIpc) is 3.03. The molecule has 0 spiro atoms. The van der Waals surface area contributed by atoms with Crippen LogP contribution in [0.3, 0.4) is 0 Å². The zero-order valence-electron chi connectivity index (χ0n) is 11.4. The van der Waals surface area contributed by atoms with Crippen molar-refractivity contribution in [1.29, 1.82) is 0 Å². The Morgan fingerprint density at radius 2 is 2.20 bits per heavy atom. The number of aliphatic carboxylic acids is 1. The molecule has 0 unspecified atom stereocenters. The molecule has 0 aromatic carbocycles. The Labute approximate surface area is 121 Å². The van der Waals surface area contributed by atoms with E-state index in [0.29, 0.717) is 11.7 Å². The van der Waals surface area contributed by atoms with Crippen molar-refractivity contribution in [2.75, 3.05) is 5.75 Å². The number of hydrogen-bond donors (Lipinski definition) is 1. The molecule has 1 N–H and O–H groups in total. The lowest BCUT2D eigenvalue weighted by molar-refractivity contribution is -0.133. The highest BCUT2D eigenvalue weighted by atomic mass is 32.2. The number of imidazole rings is 1. The fourth-order valence-electron chi connectivity index (χ4n) is 1.80. The Kier molecular flexibility index (Phi) is 4.78. The summed E-state index contributed by atoms with van der Waals surface area (Å²) in [6.07, 6.45) is 5.38. The fraction of sp³-hybridized carbons (Fsp3) is 0.500. The predicted octanol–water partition coefficient (Wildman–Crippen LogP) is 1.47. The number of rotatable bonds is 7. The zero-order chi connectivity index (χ0) is 14.5. The molecule has 2 aromatic rings. The highest BCUT2D eigenvalue weighted by Gasteiger charge is 2.16. The maximum absolute atomic E-state index is 10.7. The fourth-order valence-corrected chi connectivity index (χ4v) is 2.50.